The van der Waals surface area contributed by atoms with E-state index in [1.807, 2.05) is 6.92 Å². The van der Waals surface area contributed by atoms with Gasteiger partial charge in [0, 0.05) is 18.7 Å². The fourth-order valence-electron chi connectivity index (χ4n) is 2.80. The first-order valence-electron chi connectivity index (χ1n) is 7.94. The van der Waals surface area contributed by atoms with Gasteiger partial charge in [-0.1, -0.05) is 11.6 Å². The molecule has 2 aliphatic rings. The smallest absolute Gasteiger partial charge is 0.314 e. The van der Waals surface area contributed by atoms with Crippen LogP contribution in [0.3, 0.4) is 0 Å². The highest BCUT2D eigenvalue weighted by Gasteiger charge is 2.39. The number of rotatable bonds is 6. The molecule has 3 atom stereocenters. The van der Waals surface area contributed by atoms with Crippen molar-refractivity contribution >= 4 is 23.8 Å². The highest BCUT2D eigenvalue weighted by molar-refractivity contribution is 6.33. The van der Waals surface area contributed by atoms with Gasteiger partial charge in [0.15, 0.2) is 5.76 Å². The molecule has 24 heavy (non-hydrogen) atoms. The maximum atomic E-state index is 12.1. The van der Waals surface area contributed by atoms with Gasteiger partial charge in [-0.3, -0.25) is 15.2 Å². The summed E-state index contributed by atoms with van der Waals surface area (Å²) < 4.78 is 15.7. The van der Waals surface area contributed by atoms with Crippen molar-refractivity contribution in [3.63, 3.8) is 0 Å². The Labute approximate surface area is 147 Å². The molecule has 0 aromatic heterocycles. The molecule has 1 saturated heterocycles. The first-order valence-corrected chi connectivity index (χ1v) is 8.32. The average molecular weight is 358 g/mol. The summed E-state index contributed by atoms with van der Waals surface area (Å²) in [6, 6.07) is -0.0727. The molecule has 134 valence electrons. The number of allylic oxidation sites excluding steroid dienone is 3. The van der Waals surface area contributed by atoms with Crippen LogP contribution in [0, 0.1) is 5.92 Å². The lowest BCUT2D eigenvalue weighted by Gasteiger charge is -2.20. The second-order valence-electron chi connectivity index (χ2n) is 5.58. The van der Waals surface area contributed by atoms with Gasteiger partial charge in [0.2, 0.25) is 0 Å². The van der Waals surface area contributed by atoms with Crippen molar-refractivity contribution in [3.8, 4) is 0 Å². The molecule has 1 fully saturated rings. The van der Waals surface area contributed by atoms with Gasteiger partial charge in [0.25, 0.3) is 0 Å². The van der Waals surface area contributed by atoms with Gasteiger partial charge in [0.1, 0.15) is 17.8 Å². The van der Waals surface area contributed by atoms with Crippen LogP contribution in [0.5, 0.6) is 0 Å². The third kappa shape index (κ3) is 3.91. The molecule has 8 heteroatoms. The van der Waals surface area contributed by atoms with Gasteiger partial charge in [0.05, 0.1) is 25.9 Å². The number of esters is 1. The third-order valence-corrected chi connectivity index (χ3v) is 4.51. The lowest BCUT2D eigenvalue weighted by atomic mass is 10.0. The number of halogens is 1. The van der Waals surface area contributed by atoms with E-state index in [1.165, 1.54) is 0 Å². The molecule has 0 spiro atoms. The number of hydrogen-bond acceptors (Lipinski definition) is 7. The Balaban J connectivity index is 2.17. The predicted octanol–water partition coefficient (Wildman–Crippen LogP) is 1.85. The lowest BCUT2D eigenvalue weighted by Crippen LogP contribution is -2.33. The van der Waals surface area contributed by atoms with Crippen LogP contribution in [0.1, 0.15) is 26.7 Å². The molecule has 0 amide bonds. The number of nitrogens with zero attached hydrogens (tertiary/aromatic N) is 1. The number of methoxy groups -OCH3 is 2. The third-order valence-electron chi connectivity index (χ3n) is 4.09. The number of hydrogen-bond donors (Lipinski definition) is 2. The van der Waals surface area contributed by atoms with Gasteiger partial charge in [-0.25, -0.2) is 5.43 Å². The normalized spacial score (nSPS) is 27.8. The Morgan fingerprint density at radius 1 is 1.33 bits per heavy atom. The quantitative estimate of drug-likeness (QED) is 0.557. The summed E-state index contributed by atoms with van der Waals surface area (Å²) >= 11 is 6.38. The van der Waals surface area contributed by atoms with Crippen molar-refractivity contribution in [1.29, 1.82) is 0 Å². The summed E-state index contributed by atoms with van der Waals surface area (Å²) in [5.41, 5.74) is 6.88. The van der Waals surface area contributed by atoms with Crippen LogP contribution in [0.15, 0.2) is 27.1 Å². The second kappa shape index (κ2) is 8.50. The zero-order chi connectivity index (χ0) is 17.7. The molecule has 1 aliphatic heterocycles. The van der Waals surface area contributed by atoms with E-state index < -0.39 is 12.1 Å². The van der Waals surface area contributed by atoms with E-state index in [0.717, 1.165) is 11.3 Å². The zero-order valence-electron chi connectivity index (χ0n) is 14.4. The Hall–Kier alpha value is -1.57. The minimum atomic E-state index is -0.408. The molecule has 0 bridgehead atoms. The predicted molar refractivity (Wildman–Crippen MR) is 91.3 cm³/mol. The minimum absolute atomic E-state index is 0.0727. The summed E-state index contributed by atoms with van der Waals surface area (Å²) in [5, 5.41) is 0.482. The summed E-state index contributed by atoms with van der Waals surface area (Å²) in [7, 11) is 3.15. The van der Waals surface area contributed by atoms with E-state index in [9.17, 15) is 4.79 Å². The molecule has 0 aromatic rings. The van der Waals surface area contributed by atoms with Crippen LogP contribution in [-0.2, 0) is 19.0 Å². The average Bonchev–Trinajstić information content (AvgIpc) is 2.94. The van der Waals surface area contributed by atoms with Crippen LogP contribution >= 0.6 is 11.6 Å². The van der Waals surface area contributed by atoms with Gasteiger partial charge in [-0.2, -0.15) is 0 Å². The Bertz CT molecular complexity index is 574. The van der Waals surface area contributed by atoms with Crippen molar-refractivity contribution in [2.45, 2.75) is 38.9 Å². The summed E-state index contributed by atoms with van der Waals surface area (Å²) in [4.78, 5) is 16.6. The van der Waals surface area contributed by atoms with E-state index in [2.05, 4.69) is 15.8 Å². The molecule has 0 saturated carbocycles. The van der Waals surface area contributed by atoms with Crippen molar-refractivity contribution < 1.29 is 19.0 Å². The summed E-state index contributed by atoms with van der Waals surface area (Å²) in [5.74, 6) is 0.585. The Morgan fingerprint density at radius 3 is 2.71 bits per heavy atom. The first kappa shape index (κ1) is 18.8. The van der Waals surface area contributed by atoms with Crippen LogP contribution in [0.25, 0.3) is 0 Å². The van der Waals surface area contributed by atoms with Crippen molar-refractivity contribution in [3.05, 3.63) is 22.1 Å². The topological polar surface area (TPSA) is 81.2 Å². The van der Waals surface area contributed by atoms with Gasteiger partial charge in [-0.15, -0.1) is 0 Å². The number of carbonyl (C=O) groups is 1. The summed E-state index contributed by atoms with van der Waals surface area (Å²) in [6.45, 7) is 4.04. The van der Waals surface area contributed by atoms with Gasteiger partial charge >= 0.3 is 5.97 Å². The molecule has 1 heterocycles. The number of ether oxygens (including phenoxy) is 3. The van der Waals surface area contributed by atoms with Crippen LogP contribution in [0.2, 0.25) is 0 Å². The minimum Gasteiger partial charge on any atom is -0.497 e. The standard InChI is InChI=1S/C16H24ClN3O4/c1-5-24-16(21)12-9(2)19-20-15(12)18-8-10-6-7-11(22-3)14(23-4)13(10)17/h8-9,12,15,19-20H,5-7H2,1-4H3/b18-8+. The zero-order valence-corrected chi connectivity index (χ0v) is 15.1. The van der Waals surface area contributed by atoms with E-state index in [1.54, 1.807) is 27.4 Å². The Kier molecular flexibility index (Phi) is 6.65. The fraction of sp³-hybridized carbons (Fsp3) is 0.625. The Morgan fingerprint density at radius 2 is 2.08 bits per heavy atom. The van der Waals surface area contributed by atoms with Crippen LogP contribution in [0.4, 0.5) is 0 Å². The van der Waals surface area contributed by atoms with E-state index >= 15 is 0 Å². The van der Waals surface area contributed by atoms with Crippen molar-refractivity contribution in [2.75, 3.05) is 20.8 Å². The monoisotopic (exact) mass is 357 g/mol. The fourth-order valence-corrected chi connectivity index (χ4v) is 3.13. The molecular weight excluding hydrogens is 334 g/mol. The van der Waals surface area contributed by atoms with Crippen molar-refractivity contribution in [2.24, 2.45) is 10.9 Å². The number of carbonyl (C=O) groups excluding carboxylic acids is 1. The number of hydrazine groups is 1. The molecule has 1 aliphatic carbocycles. The highest BCUT2D eigenvalue weighted by atomic mass is 35.5. The molecule has 2 N–H and O–H groups in total. The first-order chi connectivity index (χ1) is 11.5. The molecule has 2 rings (SSSR count). The van der Waals surface area contributed by atoms with Crippen molar-refractivity contribution in [1.82, 2.24) is 10.9 Å². The van der Waals surface area contributed by atoms with Gasteiger partial charge in [-0.05, 0) is 25.8 Å². The van der Waals surface area contributed by atoms with Gasteiger partial charge < -0.3 is 14.2 Å². The number of nitrogens with one attached hydrogen (secondary N) is 2. The molecule has 3 unspecified atom stereocenters. The van der Waals surface area contributed by atoms with E-state index in [-0.39, 0.29) is 12.0 Å². The summed E-state index contributed by atoms with van der Waals surface area (Å²) in [6.07, 6.45) is 2.66. The maximum Gasteiger partial charge on any atom is 0.314 e. The maximum absolute atomic E-state index is 12.1. The highest BCUT2D eigenvalue weighted by Crippen LogP contribution is 2.33. The molecule has 0 radical (unpaired) electrons. The van der Waals surface area contributed by atoms with E-state index in [4.69, 9.17) is 25.8 Å². The molecule has 7 nitrogen and oxygen atoms in total. The van der Waals surface area contributed by atoms with Crippen LogP contribution in [-0.4, -0.2) is 45.2 Å². The largest absolute Gasteiger partial charge is 0.497 e. The lowest BCUT2D eigenvalue weighted by molar-refractivity contribution is -0.148. The SMILES string of the molecule is CCOC(=O)C1C(C)NNC1/N=C/C1=C(Cl)C(OC)=C(OC)CC1. The van der Waals surface area contributed by atoms with E-state index in [0.29, 0.717) is 30.2 Å². The number of aliphatic imine (C=N–C) groups is 1. The van der Waals surface area contributed by atoms with Crippen LogP contribution < -0.4 is 10.9 Å². The molecule has 0 aromatic carbocycles. The second-order valence-corrected chi connectivity index (χ2v) is 5.96. The molecular formula is C16H24ClN3O4.